The quantitative estimate of drug-likeness (QED) is 0.176. The van der Waals surface area contributed by atoms with E-state index in [1.165, 1.54) is 36.4 Å². The Kier molecular flexibility index (Phi) is 15.5. The van der Waals surface area contributed by atoms with Crippen molar-refractivity contribution < 1.29 is 27.9 Å². The van der Waals surface area contributed by atoms with Gasteiger partial charge in [0.1, 0.15) is 23.7 Å². The van der Waals surface area contributed by atoms with Gasteiger partial charge in [-0.1, -0.05) is 61.7 Å². The Bertz CT molecular complexity index is 1310. The molecular weight excluding hydrogens is 607 g/mol. The zero-order chi connectivity index (χ0) is 27.7. The SMILES string of the molecule is O=CO.[C-]#[N+]c1cc(C(Br)Br)ccc1F.[C-]#[N+]c1cc(C)ccc1F.[C-]#[N+]c1cc(C=O)ccc1F. The molecule has 0 aromatic heterocycles. The summed E-state index contributed by atoms with van der Waals surface area (Å²) in [4.78, 5) is 27.5. The van der Waals surface area contributed by atoms with Gasteiger partial charge in [-0.2, -0.15) is 0 Å². The molecule has 0 saturated carbocycles. The van der Waals surface area contributed by atoms with E-state index in [1.807, 2.05) is 6.92 Å². The number of alkyl halides is 2. The van der Waals surface area contributed by atoms with Crippen LogP contribution in [-0.2, 0) is 4.79 Å². The Morgan fingerprint density at radius 1 is 0.778 bits per heavy atom. The Hall–Kier alpha value is -3.98. The second-order valence-corrected chi connectivity index (χ2v) is 9.30. The molecule has 3 rings (SSSR count). The summed E-state index contributed by atoms with van der Waals surface area (Å²) in [6.45, 7) is 21.3. The van der Waals surface area contributed by atoms with Crippen molar-refractivity contribution in [3.8, 4) is 0 Å². The number of rotatable bonds is 2. The predicted octanol–water partition coefficient (Wildman–Crippen LogP) is 8.74. The fourth-order valence-corrected chi connectivity index (χ4v) is 2.72. The fourth-order valence-electron chi connectivity index (χ4n) is 2.15. The summed E-state index contributed by atoms with van der Waals surface area (Å²) in [5.41, 5.74) is 2.10. The van der Waals surface area contributed by atoms with E-state index in [4.69, 9.17) is 29.6 Å². The number of aldehydes is 1. The lowest BCUT2D eigenvalue weighted by molar-refractivity contribution is -0.122. The first-order valence-corrected chi connectivity index (χ1v) is 11.2. The number of hydrogen-bond donors (Lipinski definition) is 1. The van der Waals surface area contributed by atoms with Crippen molar-refractivity contribution in [1.29, 1.82) is 0 Å². The third-order valence-electron chi connectivity index (χ3n) is 3.79. The minimum Gasteiger partial charge on any atom is -0.483 e. The van der Waals surface area contributed by atoms with Gasteiger partial charge in [0.25, 0.3) is 6.47 Å². The topological polar surface area (TPSA) is 67.4 Å². The summed E-state index contributed by atoms with van der Waals surface area (Å²) in [5, 5.41) is 6.89. The zero-order valence-electron chi connectivity index (χ0n) is 18.4. The zero-order valence-corrected chi connectivity index (χ0v) is 21.6. The van der Waals surface area contributed by atoms with Gasteiger partial charge < -0.3 is 5.11 Å². The minimum absolute atomic E-state index is 0.0360. The average Bonchev–Trinajstić information content (AvgIpc) is 2.87. The number of carboxylic acid groups (broad SMARTS) is 1. The molecule has 0 aliphatic carbocycles. The molecule has 184 valence electrons. The molecule has 36 heavy (non-hydrogen) atoms. The monoisotopic (exact) mass is 621 g/mol. The van der Waals surface area contributed by atoms with Crippen molar-refractivity contribution in [1.82, 2.24) is 0 Å². The second-order valence-electron chi connectivity index (χ2n) is 6.24. The summed E-state index contributed by atoms with van der Waals surface area (Å²) >= 11 is 6.52. The molecule has 0 amide bonds. The molecule has 0 aliphatic rings. The summed E-state index contributed by atoms with van der Waals surface area (Å²) in [5.74, 6) is -1.51. The number of nitrogens with zero attached hydrogens (tertiary/aromatic N) is 3. The minimum atomic E-state index is -0.592. The van der Waals surface area contributed by atoms with Crippen LogP contribution in [0.3, 0.4) is 0 Å². The van der Waals surface area contributed by atoms with Crippen molar-refractivity contribution in [3.63, 3.8) is 0 Å². The molecule has 0 heterocycles. The highest BCUT2D eigenvalue weighted by Crippen LogP contribution is 2.32. The van der Waals surface area contributed by atoms with Crippen LogP contribution in [0.1, 0.15) is 25.2 Å². The van der Waals surface area contributed by atoms with E-state index in [1.54, 1.807) is 12.1 Å². The maximum absolute atomic E-state index is 12.8. The lowest BCUT2D eigenvalue weighted by Crippen LogP contribution is -1.81. The highest BCUT2D eigenvalue weighted by atomic mass is 79.9. The van der Waals surface area contributed by atoms with Crippen molar-refractivity contribution in [2.24, 2.45) is 0 Å². The molecule has 6 nitrogen and oxygen atoms in total. The van der Waals surface area contributed by atoms with Crippen LogP contribution in [0.5, 0.6) is 0 Å². The van der Waals surface area contributed by atoms with Crippen LogP contribution in [0.4, 0.5) is 30.2 Å². The molecule has 0 aliphatic heterocycles. The summed E-state index contributed by atoms with van der Waals surface area (Å²) in [7, 11) is 0. The third-order valence-corrected chi connectivity index (χ3v) is 4.85. The number of hydrogen-bond acceptors (Lipinski definition) is 2. The largest absolute Gasteiger partial charge is 0.483 e. The standard InChI is InChI=1S/C8H4Br2FN.C8H4FNO.C8H6FN.CH2O2/c1-12-7-4-5(8(9)10)2-3-6(7)11;1-10-8-4-6(5-11)2-3-7(8)9;1-6-3-4-7(9)8(5-6)10-2;2-1-3/h2-4,8H;2-5H;3-5H,1H3;1H,(H,2,3). The fraction of sp³-hybridized carbons (Fsp3) is 0.0800. The lowest BCUT2D eigenvalue weighted by atomic mass is 10.2. The van der Waals surface area contributed by atoms with Crippen molar-refractivity contribution >= 4 is 61.7 Å². The van der Waals surface area contributed by atoms with E-state index < -0.39 is 17.5 Å². The van der Waals surface area contributed by atoms with Crippen LogP contribution in [-0.4, -0.2) is 17.9 Å². The molecule has 0 saturated heterocycles. The second kappa shape index (κ2) is 17.5. The Labute approximate surface area is 222 Å². The van der Waals surface area contributed by atoms with Gasteiger partial charge in [0.2, 0.25) is 17.1 Å². The van der Waals surface area contributed by atoms with E-state index >= 15 is 0 Å². The van der Waals surface area contributed by atoms with Crippen molar-refractivity contribution in [2.75, 3.05) is 0 Å². The molecule has 0 unspecified atom stereocenters. The molecule has 0 fully saturated rings. The van der Waals surface area contributed by atoms with Gasteiger partial charge in [-0.15, -0.1) is 0 Å². The molecule has 1 N–H and O–H groups in total. The van der Waals surface area contributed by atoms with E-state index in [9.17, 15) is 18.0 Å². The maximum atomic E-state index is 12.8. The number of halogens is 5. The van der Waals surface area contributed by atoms with Crippen LogP contribution in [0.25, 0.3) is 14.5 Å². The number of carbonyl (C=O) groups excluding carboxylic acids is 1. The van der Waals surface area contributed by atoms with Crippen molar-refractivity contribution in [3.05, 3.63) is 123 Å². The van der Waals surface area contributed by atoms with Crippen LogP contribution in [0.15, 0.2) is 54.6 Å². The Morgan fingerprint density at radius 3 is 1.61 bits per heavy atom. The van der Waals surface area contributed by atoms with Gasteiger partial charge in [-0.3, -0.25) is 9.59 Å². The lowest BCUT2D eigenvalue weighted by Gasteiger charge is -2.02. The molecule has 3 aromatic carbocycles. The van der Waals surface area contributed by atoms with Gasteiger partial charge >= 0.3 is 0 Å². The normalized spacial score (nSPS) is 8.78. The predicted molar refractivity (Wildman–Crippen MR) is 137 cm³/mol. The summed E-state index contributed by atoms with van der Waals surface area (Å²) in [6.07, 6.45) is 0.577. The Balaban J connectivity index is 0.000000485. The first kappa shape index (κ1) is 32.0. The van der Waals surface area contributed by atoms with E-state index in [2.05, 4.69) is 46.4 Å². The highest BCUT2D eigenvalue weighted by Gasteiger charge is 2.07. The van der Waals surface area contributed by atoms with E-state index in [-0.39, 0.29) is 27.3 Å². The first-order valence-electron chi connectivity index (χ1n) is 9.37. The smallest absolute Gasteiger partial charge is 0.290 e. The number of aryl methyl sites for hydroxylation is 1. The number of benzene rings is 3. The van der Waals surface area contributed by atoms with Crippen LogP contribution >= 0.6 is 31.9 Å². The molecular formula is C25H16Br2F3N3O3. The molecule has 0 spiro atoms. The van der Waals surface area contributed by atoms with Crippen LogP contribution < -0.4 is 0 Å². The molecule has 0 atom stereocenters. The molecule has 0 radical (unpaired) electrons. The molecule has 3 aromatic rings. The molecule has 0 bridgehead atoms. The highest BCUT2D eigenvalue weighted by molar-refractivity contribution is 9.24. The third kappa shape index (κ3) is 11.4. The molecule has 11 heteroatoms. The van der Waals surface area contributed by atoms with Gasteiger partial charge in [0, 0.05) is 5.56 Å². The first-order chi connectivity index (χ1) is 17.1. The average molecular weight is 623 g/mol. The maximum Gasteiger partial charge on any atom is 0.290 e. The van der Waals surface area contributed by atoms with Crippen molar-refractivity contribution in [2.45, 2.75) is 10.7 Å². The van der Waals surface area contributed by atoms with Crippen LogP contribution in [0, 0.1) is 44.1 Å². The number of carbonyl (C=O) groups is 2. The summed E-state index contributed by atoms with van der Waals surface area (Å²) < 4.78 is 37.9. The van der Waals surface area contributed by atoms with Gasteiger partial charge in [-0.05, 0) is 42.8 Å². The van der Waals surface area contributed by atoms with Gasteiger partial charge in [0.15, 0.2) is 0 Å². The van der Waals surface area contributed by atoms with Gasteiger partial charge in [0.05, 0.1) is 23.5 Å². The van der Waals surface area contributed by atoms with E-state index in [0.717, 1.165) is 17.2 Å². The Morgan fingerprint density at radius 2 is 1.19 bits per heavy atom. The van der Waals surface area contributed by atoms with Crippen LogP contribution in [0.2, 0.25) is 0 Å². The van der Waals surface area contributed by atoms with E-state index in [0.29, 0.717) is 11.8 Å². The summed E-state index contributed by atoms with van der Waals surface area (Å²) in [6, 6.07) is 12.6. The van der Waals surface area contributed by atoms with Gasteiger partial charge in [-0.25, -0.2) is 27.7 Å².